The van der Waals surface area contributed by atoms with E-state index in [4.69, 9.17) is 9.47 Å². The van der Waals surface area contributed by atoms with Crippen LogP contribution in [0, 0.1) is 0 Å². The SMILES string of the molecule is O=C(OCc1ccccc1)c1c(OCc2ccccc2)c(Br)cc2c1OC(F)(F)O2. The minimum atomic E-state index is -3.89. The molecule has 0 bridgehead atoms. The maximum Gasteiger partial charge on any atom is 0.586 e. The highest BCUT2D eigenvalue weighted by molar-refractivity contribution is 9.10. The van der Waals surface area contributed by atoms with Crippen LogP contribution in [0.15, 0.2) is 71.2 Å². The fourth-order valence-corrected chi connectivity index (χ4v) is 3.41. The molecular formula is C22H15BrF2O5. The molecule has 0 atom stereocenters. The van der Waals surface area contributed by atoms with Gasteiger partial charge in [0.1, 0.15) is 18.8 Å². The Kier molecular flexibility index (Phi) is 5.59. The molecule has 8 heteroatoms. The number of fused-ring (bicyclic) bond motifs is 1. The predicted octanol–water partition coefficient (Wildman–Crippen LogP) is 5.71. The number of hydrogen-bond donors (Lipinski definition) is 0. The number of carbonyl (C=O) groups excluding carboxylic acids is 1. The number of halogens is 3. The molecule has 0 spiro atoms. The van der Waals surface area contributed by atoms with E-state index in [0.717, 1.165) is 11.1 Å². The van der Waals surface area contributed by atoms with E-state index in [1.165, 1.54) is 6.07 Å². The first-order valence-electron chi connectivity index (χ1n) is 8.93. The quantitative estimate of drug-likeness (QED) is 0.426. The summed E-state index contributed by atoms with van der Waals surface area (Å²) in [6.45, 7) is 0.0603. The molecule has 0 radical (unpaired) electrons. The van der Waals surface area contributed by atoms with Crippen molar-refractivity contribution < 1.29 is 32.5 Å². The van der Waals surface area contributed by atoms with Gasteiger partial charge in [0.05, 0.1) is 4.47 Å². The first kappa shape index (κ1) is 20.2. The molecular weight excluding hydrogens is 462 g/mol. The summed E-state index contributed by atoms with van der Waals surface area (Å²) in [5, 5.41) is 0. The molecule has 0 unspecified atom stereocenters. The van der Waals surface area contributed by atoms with Crippen molar-refractivity contribution in [3.05, 3.63) is 87.9 Å². The van der Waals surface area contributed by atoms with Crippen LogP contribution in [0.2, 0.25) is 0 Å². The van der Waals surface area contributed by atoms with Crippen molar-refractivity contribution in [2.45, 2.75) is 19.5 Å². The van der Waals surface area contributed by atoms with Crippen LogP contribution >= 0.6 is 15.9 Å². The zero-order chi connectivity index (χ0) is 21.1. The third-order valence-corrected chi connectivity index (χ3v) is 4.83. The van der Waals surface area contributed by atoms with Gasteiger partial charge in [-0.05, 0) is 27.1 Å². The topological polar surface area (TPSA) is 54.0 Å². The van der Waals surface area contributed by atoms with E-state index in [-0.39, 0.29) is 34.7 Å². The highest BCUT2D eigenvalue weighted by Gasteiger charge is 2.47. The normalized spacial score (nSPS) is 13.7. The van der Waals surface area contributed by atoms with E-state index in [1.807, 2.05) is 36.4 Å². The number of carbonyl (C=O) groups is 1. The Balaban J connectivity index is 1.66. The largest absolute Gasteiger partial charge is 0.586 e. The molecule has 1 heterocycles. The summed E-state index contributed by atoms with van der Waals surface area (Å²) in [7, 11) is 0. The number of esters is 1. The molecule has 1 aliphatic rings. The fourth-order valence-electron chi connectivity index (χ4n) is 2.89. The third-order valence-electron chi connectivity index (χ3n) is 4.25. The van der Waals surface area contributed by atoms with Crippen LogP contribution < -0.4 is 14.2 Å². The highest BCUT2D eigenvalue weighted by Crippen LogP contribution is 2.50. The smallest absolute Gasteiger partial charge is 0.487 e. The van der Waals surface area contributed by atoms with Crippen molar-refractivity contribution in [3.63, 3.8) is 0 Å². The molecule has 0 saturated heterocycles. The second-order valence-corrected chi connectivity index (χ2v) is 7.25. The lowest BCUT2D eigenvalue weighted by Gasteiger charge is -2.15. The van der Waals surface area contributed by atoms with Crippen LogP contribution in [0.5, 0.6) is 17.2 Å². The molecule has 0 aromatic heterocycles. The summed E-state index contributed by atoms with van der Waals surface area (Å²) in [6, 6.07) is 19.4. The summed E-state index contributed by atoms with van der Waals surface area (Å²) in [4.78, 5) is 12.9. The summed E-state index contributed by atoms with van der Waals surface area (Å²) in [5.74, 6) is -1.56. The van der Waals surface area contributed by atoms with Gasteiger partial charge in [-0.2, -0.15) is 0 Å². The monoisotopic (exact) mass is 476 g/mol. The van der Waals surface area contributed by atoms with Crippen LogP contribution in [0.1, 0.15) is 21.5 Å². The lowest BCUT2D eigenvalue weighted by Crippen LogP contribution is -2.26. The lowest BCUT2D eigenvalue weighted by molar-refractivity contribution is -0.286. The zero-order valence-corrected chi connectivity index (χ0v) is 17.0. The Morgan fingerprint density at radius 1 is 0.933 bits per heavy atom. The first-order valence-corrected chi connectivity index (χ1v) is 9.72. The van der Waals surface area contributed by atoms with E-state index < -0.39 is 18.0 Å². The summed E-state index contributed by atoms with van der Waals surface area (Å²) >= 11 is 3.26. The van der Waals surface area contributed by atoms with E-state index in [1.54, 1.807) is 24.3 Å². The van der Waals surface area contributed by atoms with Crippen molar-refractivity contribution in [1.29, 1.82) is 0 Å². The second kappa shape index (κ2) is 8.31. The van der Waals surface area contributed by atoms with Crippen molar-refractivity contribution in [2.24, 2.45) is 0 Å². The van der Waals surface area contributed by atoms with Crippen LogP contribution in [0.3, 0.4) is 0 Å². The van der Waals surface area contributed by atoms with Gasteiger partial charge in [-0.1, -0.05) is 60.7 Å². The lowest BCUT2D eigenvalue weighted by atomic mass is 10.1. The van der Waals surface area contributed by atoms with Gasteiger partial charge in [-0.15, -0.1) is 8.78 Å². The molecule has 154 valence electrons. The van der Waals surface area contributed by atoms with Crippen molar-refractivity contribution >= 4 is 21.9 Å². The number of rotatable bonds is 6. The molecule has 0 aliphatic carbocycles. The van der Waals surface area contributed by atoms with Gasteiger partial charge in [0, 0.05) is 6.07 Å². The number of hydrogen-bond acceptors (Lipinski definition) is 5. The molecule has 0 amide bonds. The zero-order valence-electron chi connectivity index (χ0n) is 15.4. The number of ether oxygens (including phenoxy) is 4. The predicted molar refractivity (Wildman–Crippen MR) is 107 cm³/mol. The summed E-state index contributed by atoms with van der Waals surface area (Å²) in [6.07, 6.45) is -3.89. The molecule has 1 aliphatic heterocycles. The van der Waals surface area contributed by atoms with E-state index in [0.29, 0.717) is 0 Å². The Bertz CT molecular complexity index is 1060. The summed E-state index contributed by atoms with van der Waals surface area (Å²) < 4.78 is 47.9. The van der Waals surface area contributed by atoms with E-state index in [9.17, 15) is 13.6 Å². The van der Waals surface area contributed by atoms with Crippen molar-refractivity contribution in [3.8, 4) is 17.2 Å². The molecule has 3 aromatic carbocycles. The maximum absolute atomic E-state index is 13.7. The molecule has 4 rings (SSSR count). The maximum atomic E-state index is 13.7. The van der Waals surface area contributed by atoms with Crippen LogP contribution in [-0.2, 0) is 18.0 Å². The van der Waals surface area contributed by atoms with Crippen LogP contribution in [0.25, 0.3) is 0 Å². The standard InChI is InChI=1S/C22H15BrF2O5/c23-16-11-17-20(30-22(24,25)29-17)18(19(16)27-12-14-7-3-1-4-8-14)21(26)28-13-15-9-5-2-6-10-15/h1-11H,12-13H2. The Hall–Kier alpha value is -3.13. The summed E-state index contributed by atoms with van der Waals surface area (Å²) in [5.41, 5.74) is 1.30. The fraction of sp³-hybridized carbons (Fsp3) is 0.136. The van der Waals surface area contributed by atoms with Gasteiger partial charge < -0.3 is 18.9 Å². The minimum absolute atomic E-state index is 0.0250. The number of benzene rings is 3. The van der Waals surface area contributed by atoms with Crippen molar-refractivity contribution in [1.82, 2.24) is 0 Å². The van der Waals surface area contributed by atoms with Gasteiger partial charge in [0.2, 0.25) is 0 Å². The van der Waals surface area contributed by atoms with E-state index >= 15 is 0 Å². The second-order valence-electron chi connectivity index (χ2n) is 6.39. The molecule has 5 nitrogen and oxygen atoms in total. The third kappa shape index (κ3) is 4.38. The first-order chi connectivity index (χ1) is 14.4. The van der Waals surface area contributed by atoms with E-state index in [2.05, 4.69) is 25.4 Å². The number of alkyl halides is 2. The average molecular weight is 477 g/mol. The Labute approximate surface area is 179 Å². The van der Waals surface area contributed by atoms with Gasteiger partial charge >= 0.3 is 12.3 Å². The van der Waals surface area contributed by atoms with Crippen molar-refractivity contribution in [2.75, 3.05) is 0 Å². The van der Waals surface area contributed by atoms with Gasteiger partial charge in [-0.25, -0.2) is 4.79 Å². The highest BCUT2D eigenvalue weighted by atomic mass is 79.9. The molecule has 3 aromatic rings. The Morgan fingerprint density at radius 2 is 1.53 bits per heavy atom. The van der Waals surface area contributed by atoms with Gasteiger partial charge in [0.15, 0.2) is 17.2 Å². The van der Waals surface area contributed by atoms with Crippen LogP contribution in [-0.4, -0.2) is 12.3 Å². The molecule has 0 saturated carbocycles. The van der Waals surface area contributed by atoms with Crippen LogP contribution in [0.4, 0.5) is 8.78 Å². The molecule has 0 N–H and O–H groups in total. The minimum Gasteiger partial charge on any atom is -0.487 e. The molecule has 30 heavy (non-hydrogen) atoms. The van der Waals surface area contributed by atoms with Gasteiger partial charge in [0.25, 0.3) is 0 Å². The molecule has 0 fully saturated rings. The average Bonchev–Trinajstić information content (AvgIpc) is 3.04. The Morgan fingerprint density at radius 3 is 2.17 bits per heavy atom. The van der Waals surface area contributed by atoms with Gasteiger partial charge in [-0.3, -0.25) is 0 Å².